The summed E-state index contributed by atoms with van der Waals surface area (Å²) in [5, 5.41) is 14.7. The van der Waals surface area contributed by atoms with Crippen LogP contribution >= 0.6 is 0 Å². The monoisotopic (exact) mass is 234 g/mol. The van der Waals surface area contributed by atoms with Gasteiger partial charge in [0.15, 0.2) is 0 Å². The molecule has 17 heavy (non-hydrogen) atoms. The molecule has 1 aromatic heterocycles. The fourth-order valence-corrected chi connectivity index (χ4v) is 2.35. The molecule has 0 aromatic carbocycles. The van der Waals surface area contributed by atoms with Crippen molar-refractivity contribution in [1.82, 2.24) is 15.5 Å². The van der Waals surface area contributed by atoms with Gasteiger partial charge in [-0.25, -0.2) is 0 Å². The SMILES string of the molecule is c1cnnc(NCCNC2CCCCCC2)c1. The molecule has 0 amide bonds. The van der Waals surface area contributed by atoms with Crippen molar-refractivity contribution >= 4 is 5.82 Å². The molecular weight excluding hydrogens is 212 g/mol. The van der Waals surface area contributed by atoms with Crippen LogP contribution in [0.1, 0.15) is 38.5 Å². The first-order chi connectivity index (χ1) is 8.45. The van der Waals surface area contributed by atoms with E-state index >= 15 is 0 Å². The first-order valence-electron chi connectivity index (χ1n) is 6.70. The zero-order valence-corrected chi connectivity index (χ0v) is 10.4. The van der Waals surface area contributed by atoms with Crippen molar-refractivity contribution in [3.05, 3.63) is 18.3 Å². The van der Waals surface area contributed by atoms with Crippen molar-refractivity contribution in [2.75, 3.05) is 18.4 Å². The predicted octanol–water partition coefficient (Wildman–Crippen LogP) is 2.20. The van der Waals surface area contributed by atoms with E-state index in [0.29, 0.717) is 0 Å². The van der Waals surface area contributed by atoms with Gasteiger partial charge in [0.1, 0.15) is 5.82 Å². The Bertz CT molecular complexity index is 294. The molecule has 1 aromatic rings. The minimum atomic E-state index is 0.723. The lowest BCUT2D eigenvalue weighted by atomic mass is 10.1. The zero-order chi connectivity index (χ0) is 11.8. The van der Waals surface area contributed by atoms with E-state index in [1.165, 1.54) is 38.5 Å². The Balaban J connectivity index is 1.59. The Kier molecular flexibility index (Phi) is 5.23. The second-order valence-corrected chi connectivity index (χ2v) is 4.68. The average Bonchev–Trinajstić information content (AvgIpc) is 2.65. The standard InChI is InChI=1S/C13H22N4/c1-2-4-7-12(6-3-1)14-10-11-15-13-8-5-9-16-17-13/h5,8-9,12,14H,1-4,6-7,10-11H2,(H,15,17). The van der Waals surface area contributed by atoms with Crippen LogP contribution < -0.4 is 10.6 Å². The van der Waals surface area contributed by atoms with Gasteiger partial charge in [0.2, 0.25) is 0 Å². The van der Waals surface area contributed by atoms with Crippen LogP contribution in [0.3, 0.4) is 0 Å². The van der Waals surface area contributed by atoms with E-state index in [4.69, 9.17) is 0 Å². The van der Waals surface area contributed by atoms with Crippen LogP contribution in [-0.4, -0.2) is 29.3 Å². The van der Waals surface area contributed by atoms with Gasteiger partial charge in [0.25, 0.3) is 0 Å². The zero-order valence-electron chi connectivity index (χ0n) is 10.4. The lowest BCUT2D eigenvalue weighted by Crippen LogP contribution is -2.32. The molecule has 0 atom stereocenters. The maximum absolute atomic E-state index is 3.99. The van der Waals surface area contributed by atoms with Crippen LogP contribution in [0.4, 0.5) is 5.82 Å². The molecule has 4 heteroatoms. The Morgan fingerprint density at radius 1 is 1.12 bits per heavy atom. The molecule has 1 heterocycles. The summed E-state index contributed by atoms with van der Waals surface area (Å²) in [7, 11) is 0. The van der Waals surface area contributed by atoms with E-state index in [0.717, 1.165) is 24.9 Å². The van der Waals surface area contributed by atoms with E-state index in [2.05, 4.69) is 20.8 Å². The van der Waals surface area contributed by atoms with Gasteiger partial charge in [-0.2, -0.15) is 5.10 Å². The van der Waals surface area contributed by atoms with Gasteiger partial charge in [0, 0.05) is 25.3 Å². The molecule has 1 aliphatic carbocycles. The molecule has 1 saturated carbocycles. The number of hydrogen-bond acceptors (Lipinski definition) is 4. The quantitative estimate of drug-likeness (QED) is 0.606. The summed E-state index contributed by atoms with van der Waals surface area (Å²) in [6.07, 6.45) is 9.96. The molecule has 4 nitrogen and oxygen atoms in total. The van der Waals surface area contributed by atoms with Crippen LogP contribution in [0.15, 0.2) is 18.3 Å². The Hall–Kier alpha value is -1.16. The van der Waals surface area contributed by atoms with Crippen molar-refractivity contribution in [3.8, 4) is 0 Å². The molecule has 0 bridgehead atoms. The van der Waals surface area contributed by atoms with E-state index in [1.807, 2.05) is 12.1 Å². The third-order valence-corrected chi connectivity index (χ3v) is 3.29. The summed E-state index contributed by atoms with van der Waals surface area (Å²) in [5.41, 5.74) is 0. The average molecular weight is 234 g/mol. The van der Waals surface area contributed by atoms with Gasteiger partial charge in [-0.1, -0.05) is 25.7 Å². The maximum atomic E-state index is 3.99. The molecule has 0 aliphatic heterocycles. The summed E-state index contributed by atoms with van der Waals surface area (Å²) >= 11 is 0. The van der Waals surface area contributed by atoms with E-state index < -0.39 is 0 Å². The van der Waals surface area contributed by atoms with Crippen LogP contribution in [0, 0.1) is 0 Å². The molecule has 2 rings (SSSR count). The molecular formula is C13H22N4. The molecule has 1 fully saturated rings. The lowest BCUT2D eigenvalue weighted by molar-refractivity contribution is 0.468. The van der Waals surface area contributed by atoms with Crippen LogP contribution in [0.2, 0.25) is 0 Å². The minimum absolute atomic E-state index is 0.723. The van der Waals surface area contributed by atoms with Crippen molar-refractivity contribution in [2.45, 2.75) is 44.6 Å². The molecule has 0 spiro atoms. The maximum Gasteiger partial charge on any atom is 0.148 e. The third kappa shape index (κ3) is 4.69. The lowest BCUT2D eigenvalue weighted by Gasteiger charge is -2.16. The van der Waals surface area contributed by atoms with Crippen LogP contribution in [0.25, 0.3) is 0 Å². The van der Waals surface area contributed by atoms with Gasteiger partial charge >= 0.3 is 0 Å². The fourth-order valence-electron chi connectivity index (χ4n) is 2.35. The number of nitrogens with zero attached hydrogens (tertiary/aromatic N) is 2. The van der Waals surface area contributed by atoms with Gasteiger partial charge in [-0.15, -0.1) is 5.10 Å². The summed E-state index contributed by atoms with van der Waals surface area (Å²) in [4.78, 5) is 0. The molecule has 1 aliphatic rings. The highest BCUT2D eigenvalue weighted by Gasteiger charge is 2.10. The van der Waals surface area contributed by atoms with Crippen molar-refractivity contribution in [3.63, 3.8) is 0 Å². The Morgan fingerprint density at radius 3 is 2.65 bits per heavy atom. The first-order valence-corrected chi connectivity index (χ1v) is 6.70. The number of anilines is 1. The Morgan fingerprint density at radius 2 is 1.94 bits per heavy atom. The summed E-state index contributed by atoms with van der Waals surface area (Å²) < 4.78 is 0. The van der Waals surface area contributed by atoms with Gasteiger partial charge in [-0.05, 0) is 25.0 Å². The number of nitrogens with one attached hydrogen (secondary N) is 2. The third-order valence-electron chi connectivity index (χ3n) is 3.29. The van der Waals surface area contributed by atoms with E-state index in [9.17, 15) is 0 Å². The van der Waals surface area contributed by atoms with Crippen LogP contribution in [-0.2, 0) is 0 Å². The fraction of sp³-hybridized carbons (Fsp3) is 0.692. The number of hydrogen-bond donors (Lipinski definition) is 2. The molecule has 2 N–H and O–H groups in total. The summed E-state index contributed by atoms with van der Waals surface area (Å²) in [6, 6.07) is 4.56. The van der Waals surface area contributed by atoms with Crippen molar-refractivity contribution < 1.29 is 0 Å². The van der Waals surface area contributed by atoms with Gasteiger partial charge < -0.3 is 10.6 Å². The highest BCUT2D eigenvalue weighted by Crippen LogP contribution is 2.16. The summed E-state index contributed by atoms with van der Waals surface area (Å²) in [5.74, 6) is 0.857. The molecule has 0 saturated heterocycles. The minimum Gasteiger partial charge on any atom is -0.367 e. The predicted molar refractivity (Wildman–Crippen MR) is 70.0 cm³/mol. The topological polar surface area (TPSA) is 49.8 Å². The summed E-state index contributed by atoms with van der Waals surface area (Å²) in [6.45, 7) is 1.91. The van der Waals surface area contributed by atoms with Crippen LogP contribution in [0.5, 0.6) is 0 Å². The first kappa shape index (κ1) is 12.3. The van der Waals surface area contributed by atoms with E-state index in [1.54, 1.807) is 6.20 Å². The second kappa shape index (κ2) is 7.22. The smallest absolute Gasteiger partial charge is 0.148 e. The second-order valence-electron chi connectivity index (χ2n) is 4.68. The largest absolute Gasteiger partial charge is 0.367 e. The van der Waals surface area contributed by atoms with Gasteiger partial charge in [0.05, 0.1) is 0 Å². The molecule has 0 radical (unpaired) electrons. The normalized spacial score (nSPS) is 17.6. The highest BCUT2D eigenvalue weighted by atomic mass is 15.2. The van der Waals surface area contributed by atoms with E-state index in [-0.39, 0.29) is 0 Å². The molecule has 0 unspecified atom stereocenters. The molecule has 94 valence electrons. The van der Waals surface area contributed by atoms with Crippen molar-refractivity contribution in [1.29, 1.82) is 0 Å². The highest BCUT2D eigenvalue weighted by molar-refractivity contribution is 5.31. The van der Waals surface area contributed by atoms with Crippen molar-refractivity contribution in [2.24, 2.45) is 0 Å². The Labute approximate surface area is 103 Å². The number of rotatable bonds is 5. The van der Waals surface area contributed by atoms with Gasteiger partial charge in [-0.3, -0.25) is 0 Å². The number of aromatic nitrogens is 2.